The molecule has 6 heteroatoms. The van der Waals surface area contributed by atoms with Crippen molar-refractivity contribution in [2.24, 2.45) is 17.3 Å². The van der Waals surface area contributed by atoms with Crippen LogP contribution in [0.15, 0.2) is 29.2 Å². The Hall–Kier alpha value is -1.14. The van der Waals surface area contributed by atoms with Gasteiger partial charge < -0.3 is 4.90 Å². The van der Waals surface area contributed by atoms with Crippen molar-refractivity contribution in [1.29, 1.82) is 0 Å². The van der Waals surface area contributed by atoms with Crippen molar-refractivity contribution in [3.05, 3.63) is 34.0 Å². The Balaban J connectivity index is 1.84. The van der Waals surface area contributed by atoms with Gasteiger partial charge in [-0.05, 0) is 43.0 Å². The molecule has 1 amide bonds. The molecular formula is C19H27NO3S2. The number of carbonyl (C=O) groups excluding carboxylic acids is 1. The number of nitrogens with zero attached hydrogens (tertiary/aromatic N) is 1. The van der Waals surface area contributed by atoms with Crippen LogP contribution in [0.25, 0.3) is 0 Å². The van der Waals surface area contributed by atoms with Crippen molar-refractivity contribution in [1.82, 2.24) is 4.90 Å². The van der Waals surface area contributed by atoms with Crippen LogP contribution in [0.1, 0.15) is 39.0 Å². The molecule has 3 atom stereocenters. The zero-order chi connectivity index (χ0) is 18.4. The molecule has 0 bridgehead atoms. The van der Waals surface area contributed by atoms with Crippen LogP contribution in [0.4, 0.5) is 0 Å². The molecule has 4 nitrogen and oxygen atoms in total. The second-order valence-electron chi connectivity index (χ2n) is 8.17. The first-order valence-electron chi connectivity index (χ1n) is 8.80. The molecule has 0 radical (unpaired) electrons. The number of hydrogen-bond donors (Lipinski definition) is 0. The van der Waals surface area contributed by atoms with Crippen LogP contribution >= 0.6 is 11.3 Å². The summed E-state index contributed by atoms with van der Waals surface area (Å²) in [4.78, 5) is 16.3. The number of carbonyl (C=O) groups is 1. The van der Waals surface area contributed by atoms with Crippen LogP contribution in [0.5, 0.6) is 0 Å². The van der Waals surface area contributed by atoms with Gasteiger partial charge in [-0.2, -0.15) is 0 Å². The Bertz CT molecular complexity index is 774. The van der Waals surface area contributed by atoms with Crippen LogP contribution in [-0.4, -0.2) is 36.8 Å². The molecule has 1 aliphatic carbocycles. The molecule has 1 saturated carbocycles. The highest BCUT2D eigenvalue weighted by atomic mass is 32.2. The molecule has 2 fully saturated rings. The molecule has 1 aromatic heterocycles. The fourth-order valence-electron chi connectivity index (χ4n) is 3.98. The second-order valence-corrected chi connectivity index (χ2v) is 11.4. The summed E-state index contributed by atoms with van der Waals surface area (Å²) in [5.41, 5.74) is 1.17. The van der Waals surface area contributed by atoms with Gasteiger partial charge in [0.15, 0.2) is 9.84 Å². The smallest absolute Gasteiger partial charge is 0.227 e. The number of hydrogen-bond acceptors (Lipinski definition) is 4. The number of amides is 1. The topological polar surface area (TPSA) is 54.5 Å². The molecule has 2 aliphatic rings. The first kappa shape index (κ1) is 18.6. The van der Waals surface area contributed by atoms with E-state index in [1.54, 1.807) is 11.3 Å². The maximum atomic E-state index is 13.3. The summed E-state index contributed by atoms with van der Waals surface area (Å²) in [6.07, 6.45) is 2.75. The largest absolute Gasteiger partial charge is 0.333 e. The zero-order valence-corrected chi connectivity index (χ0v) is 17.0. The molecule has 1 saturated heterocycles. The molecule has 0 unspecified atom stereocenters. The van der Waals surface area contributed by atoms with Gasteiger partial charge in [0.1, 0.15) is 0 Å². The minimum absolute atomic E-state index is 0.0503. The lowest BCUT2D eigenvalue weighted by molar-refractivity contribution is -0.136. The van der Waals surface area contributed by atoms with Crippen molar-refractivity contribution in [3.63, 3.8) is 0 Å². The lowest BCUT2D eigenvalue weighted by Gasteiger charge is -2.28. The van der Waals surface area contributed by atoms with Crippen LogP contribution < -0.4 is 0 Å². The quantitative estimate of drug-likeness (QED) is 0.734. The van der Waals surface area contributed by atoms with E-state index in [0.29, 0.717) is 13.0 Å². The molecule has 0 aromatic carbocycles. The molecule has 1 aromatic rings. The first-order chi connectivity index (χ1) is 11.6. The van der Waals surface area contributed by atoms with E-state index in [1.807, 2.05) is 22.4 Å². The van der Waals surface area contributed by atoms with E-state index >= 15 is 0 Å². The summed E-state index contributed by atoms with van der Waals surface area (Å²) in [5.74, 6) is 0.601. The molecule has 2 heterocycles. The summed E-state index contributed by atoms with van der Waals surface area (Å²) < 4.78 is 23.9. The van der Waals surface area contributed by atoms with Crippen molar-refractivity contribution in [2.45, 2.75) is 46.7 Å². The highest BCUT2D eigenvalue weighted by Crippen LogP contribution is 2.60. The van der Waals surface area contributed by atoms with Crippen LogP contribution in [0.2, 0.25) is 0 Å². The summed E-state index contributed by atoms with van der Waals surface area (Å²) in [5, 5.41) is 2.00. The summed E-state index contributed by atoms with van der Waals surface area (Å²) in [7, 11) is -3.02. The molecule has 138 valence electrons. The Morgan fingerprint density at radius 3 is 2.64 bits per heavy atom. The van der Waals surface area contributed by atoms with Gasteiger partial charge in [-0.3, -0.25) is 4.79 Å². The molecule has 25 heavy (non-hydrogen) atoms. The highest BCUT2D eigenvalue weighted by Gasteiger charge is 2.61. The van der Waals surface area contributed by atoms with Gasteiger partial charge in [-0.15, -0.1) is 11.3 Å². The molecule has 0 N–H and O–H groups in total. The van der Waals surface area contributed by atoms with E-state index in [1.165, 1.54) is 5.57 Å². The Morgan fingerprint density at radius 2 is 2.12 bits per heavy atom. The van der Waals surface area contributed by atoms with E-state index in [2.05, 4.69) is 33.8 Å². The third kappa shape index (κ3) is 3.85. The summed E-state index contributed by atoms with van der Waals surface area (Å²) in [6, 6.07) is 3.80. The van der Waals surface area contributed by atoms with E-state index in [0.717, 1.165) is 4.88 Å². The minimum atomic E-state index is -3.02. The lowest BCUT2D eigenvalue weighted by Crippen LogP contribution is -2.42. The van der Waals surface area contributed by atoms with Crippen LogP contribution in [0.3, 0.4) is 0 Å². The Morgan fingerprint density at radius 1 is 1.40 bits per heavy atom. The lowest BCUT2D eigenvalue weighted by atomic mass is 10.1. The summed E-state index contributed by atoms with van der Waals surface area (Å²) >= 11 is 1.62. The van der Waals surface area contributed by atoms with Crippen LogP contribution in [0, 0.1) is 17.3 Å². The number of sulfone groups is 1. The zero-order valence-electron chi connectivity index (χ0n) is 15.4. The maximum absolute atomic E-state index is 13.3. The standard InChI is InChI=1S/C19H27NO3S2/c1-13(2)10-16-17(19(16,3)4)18(21)20(11-15-6-5-8-24-15)14-7-9-25(22,23)12-14/h5-6,8,10,14,16-17H,7,9,11-12H2,1-4H3/t14-,16+,17+/m0/s1. The first-order valence-corrected chi connectivity index (χ1v) is 11.5. The van der Waals surface area contributed by atoms with Gasteiger partial charge in [0.25, 0.3) is 0 Å². The normalized spacial score (nSPS) is 29.2. The molecule has 3 rings (SSSR count). The third-order valence-electron chi connectivity index (χ3n) is 5.53. The minimum Gasteiger partial charge on any atom is -0.333 e. The van der Waals surface area contributed by atoms with Crippen LogP contribution in [-0.2, 0) is 21.2 Å². The maximum Gasteiger partial charge on any atom is 0.227 e. The van der Waals surface area contributed by atoms with Gasteiger partial charge in [0.05, 0.1) is 24.0 Å². The van der Waals surface area contributed by atoms with Crippen molar-refractivity contribution < 1.29 is 13.2 Å². The average Bonchev–Trinajstić information content (AvgIpc) is 2.93. The predicted molar refractivity (Wildman–Crippen MR) is 102 cm³/mol. The van der Waals surface area contributed by atoms with E-state index in [4.69, 9.17) is 0 Å². The van der Waals surface area contributed by atoms with Gasteiger partial charge in [-0.25, -0.2) is 8.42 Å². The predicted octanol–water partition coefficient (Wildman–Crippen LogP) is 3.50. The Labute approximate surface area is 154 Å². The second kappa shape index (κ2) is 6.54. The van der Waals surface area contributed by atoms with Gasteiger partial charge in [-0.1, -0.05) is 31.6 Å². The fraction of sp³-hybridized carbons (Fsp3) is 0.632. The average molecular weight is 382 g/mol. The molecular weight excluding hydrogens is 354 g/mol. The van der Waals surface area contributed by atoms with Gasteiger partial charge in [0.2, 0.25) is 5.91 Å². The van der Waals surface area contributed by atoms with E-state index in [-0.39, 0.29) is 40.7 Å². The molecule has 0 spiro atoms. The summed E-state index contributed by atoms with van der Waals surface area (Å²) in [6.45, 7) is 8.90. The van der Waals surface area contributed by atoms with Crippen molar-refractivity contribution >= 4 is 27.1 Å². The Kier molecular flexibility index (Phi) is 4.88. The van der Waals surface area contributed by atoms with Gasteiger partial charge >= 0.3 is 0 Å². The number of rotatable bonds is 5. The number of thiophene rings is 1. The van der Waals surface area contributed by atoms with Gasteiger partial charge in [0, 0.05) is 10.9 Å². The molecule has 1 aliphatic heterocycles. The fourth-order valence-corrected chi connectivity index (χ4v) is 6.41. The monoisotopic (exact) mass is 381 g/mol. The van der Waals surface area contributed by atoms with E-state index in [9.17, 15) is 13.2 Å². The van der Waals surface area contributed by atoms with Crippen molar-refractivity contribution in [3.8, 4) is 0 Å². The highest BCUT2D eigenvalue weighted by molar-refractivity contribution is 7.91. The number of allylic oxidation sites excluding steroid dienone is 2. The van der Waals surface area contributed by atoms with Crippen molar-refractivity contribution in [2.75, 3.05) is 11.5 Å². The van der Waals surface area contributed by atoms with E-state index < -0.39 is 9.84 Å². The SMILES string of the molecule is CC(C)=C[C@@H]1[C@H](C(=O)N(Cc2cccs2)[C@H]2CCS(=O)(=O)C2)C1(C)C. The third-order valence-corrected chi connectivity index (χ3v) is 8.14.